The molecule has 2 aromatic carbocycles. The molecule has 0 aromatic heterocycles. The van der Waals surface area contributed by atoms with Crippen LogP contribution in [0.4, 0.5) is 10.1 Å². The first-order valence-electron chi connectivity index (χ1n) is 10.0. The molecule has 1 aliphatic rings. The van der Waals surface area contributed by atoms with Crippen molar-refractivity contribution in [2.75, 3.05) is 18.9 Å². The Morgan fingerprint density at radius 3 is 2.63 bits per heavy atom. The van der Waals surface area contributed by atoms with Crippen LogP contribution < -0.4 is 16.0 Å². The van der Waals surface area contributed by atoms with Gasteiger partial charge in [-0.1, -0.05) is 24.3 Å². The Morgan fingerprint density at radius 1 is 1.17 bits per heavy atom. The fourth-order valence-electron chi connectivity index (χ4n) is 3.50. The van der Waals surface area contributed by atoms with Gasteiger partial charge >= 0.3 is 0 Å². The van der Waals surface area contributed by atoms with E-state index < -0.39 is 0 Å². The Hall–Kier alpha value is -3.41. The van der Waals surface area contributed by atoms with E-state index in [2.05, 4.69) is 16.0 Å². The van der Waals surface area contributed by atoms with Gasteiger partial charge < -0.3 is 16.0 Å². The van der Waals surface area contributed by atoms with E-state index in [0.717, 1.165) is 22.4 Å². The van der Waals surface area contributed by atoms with E-state index in [4.69, 9.17) is 0 Å². The first-order chi connectivity index (χ1) is 14.4. The summed E-state index contributed by atoms with van der Waals surface area (Å²) in [6.45, 7) is 4.60. The quantitative estimate of drug-likeness (QED) is 0.602. The van der Waals surface area contributed by atoms with Crippen molar-refractivity contribution in [2.45, 2.75) is 26.7 Å². The number of amides is 2. The van der Waals surface area contributed by atoms with E-state index in [1.165, 1.54) is 12.1 Å². The molecule has 3 rings (SSSR count). The number of hydrogen-bond acceptors (Lipinski definition) is 3. The van der Waals surface area contributed by atoms with E-state index in [9.17, 15) is 14.0 Å². The minimum atomic E-state index is -0.328. The second-order valence-electron chi connectivity index (χ2n) is 7.15. The van der Waals surface area contributed by atoms with Crippen LogP contribution in [0, 0.1) is 5.82 Å². The fourth-order valence-corrected chi connectivity index (χ4v) is 3.50. The van der Waals surface area contributed by atoms with Gasteiger partial charge in [-0.05, 0) is 61.2 Å². The molecule has 0 bridgehead atoms. The van der Waals surface area contributed by atoms with Gasteiger partial charge in [0.15, 0.2) is 0 Å². The number of hydrogen-bond donors (Lipinski definition) is 3. The van der Waals surface area contributed by atoms with Crippen molar-refractivity contribution in [3.63, 3.8) is 0 Å². The Labute approximate surface area is 176 Å². The minimum Gasteiger partial charge on any atom is -0.385 e. The summed E-state index contributed by atoms with van der Waals surface area (Å²) in [6, 6.07) is 11.9. The fraction of sp³-hybridized carbons (Fsp3) is 0.250. The molecule has 0 atom stereocenters. The first-order valence-corrected chi connectivity index (χ1v) is 10.0. The molecule has 6 heteroatoms. The summed E-state index contributed by atoms with van der Waals surface area (Å²) in [7, 11) is 1.61. The molecular weight excluding hydrogens is 381 g/mol. The lowest BCUT2D eigenvalue weighted by atomic mass is 9.94. The number of likely N-dealkylation sites (N-methyl/N-ethyl adjacent to an activating group) is 1. The lowest BCUT2D eigenvalue weighted by Crippen LogP contribution is -2.18. The smallest absolute Gasteiger partial charge is 0.256 e. The highest BCUT2D eigenvalue weighted by Crippen LogP contribution is 2.40. The maximum absolute atomic E-state index is 13.8. The Morgan fingerprint density at radius 2 is 1.93 bits per heavy atom. The van der Waals surface area contributed by atoms with Crippen LogP contribution in [0.25, 0.3) is 16.7 Å². The number of rotatable bonds is 7. The molecule has 0 aliphatic carbocycles. The molecule has 0 spiro atoms. The van der Waals surface area contributed by atoms with Gasteiger partial charge in [-0.3, -0.25) is 9.59 Å². The molecule has 0 unspecified atom stereocenters. The molecule has 3 N–H and O–H groups in total. The van der Waals surface area contributed by atoms with E-state index >= 15 is 0 Å². The maximum Gasteiger partial charge on any atom is 0.256 e. The number of allylic oxidation sites excluding steroid dienone is 2. The highest BCUT2D eigenvalue weighted by molar-refractivity contribution is 6.33. The van der Waals surface area contributed by atoms with Gasteiger partial charge in [0.05, 0.1) is 5.57 Å². The third-order valence-corrected chi connectivity index (χ3v) is 5.08. The van der Waals surface area contributed by atoms with Gasteiger partial charge in [-0.2, -0.15) is 0 Å². The lowest BCUT2D eigenvalue weighted by Gasteiger charge is -2.13. The van der Waals surface area contributed by atoms with Gasteiger partial charge in [0, 0.05) is 37.0 Å². The highest BCUT2D eigenvalue weighted by Gasteiger charge is 2.27. The molecule has 30 heavy (non-hydrogen) atoms. The predicted octanol–water partition coefficient (Wildman–Crippen LogP) is 4.24. The van der Waals surface area contributed by atoms with Crippen LogP contribution in [0.2, 0.25) is 0 Å². The average Bonchev–Trinajstić information content (AvgIpc) is 3.06. The van der Waals surface area contributed by atoms with Crippen molar-refractivity contribution >= 4 is 23.1 Å². The predicted molar refractivity (Wildman–Crippen MR) is 118 cm³/mol. The monoisotopic (exact) mass is 407 g/mol. The number of fused-ring (bicyclic) bond motifs is 1. The van der Waals surface area contributed by atoms with Crippen LogP contribution in [0.5, 0.6) is 0 Å². The Kier molecular flexibility index (Phi) is 6.67. The number of nitrogens with one attached hydrogen (secondary N) is 3. The van der Waals surface area contributed by atoms with Crippen molar-refractivity contribution in [1.82, 2.24) is 10.6 Å². The van der Waals surface area contributed by atoms with Gasteiger partial charge in [0.25, 0.3) is 5.91 Å². The van der Waals surface area contributed by atoms with Crippen LogP contribution in [-0.4, -0.2) is 25.4 Å². The van der Waals surface area contributed by atoms with E-state index in [1.54, 1.807) is 13.1 Å². The van der Waals surface area contributed by atoms with Crippen molar-refractivity contribution in [3.8, 4) is 11.1 Å². The first kappa shape index (κ1) is 21.3. The van der Waals surface area contributed by atoms with Gasteiger partial charge in [0.2, 0.25) is 5.91 Å². The molecule has 1 aliphatic heterocycles. The normalized spacial score (nSPS) is 14.8. The molecule has 156 valence electrons. The second-order valence-corrected chi connectivity index (χ2v) is 7.15. The number of halogens is 1. The summed E-state index contributed by atoms with van der Waals surface area (Å²) in [5, 5.41) is 8.83. The minimum absolute atomic E-state index is 0.0322. The zero-order chi connectivity index (χ0) is 21.7. The van der Waals surface area contributed by atoms with E-state index in [1.807, 2.05) is 44.2 Å². The summed E-state index contributed by atoms with van der Waals surface area (Å²) >= 11 is 0. The standard InChI is InChI=1S/C24H26FN3O2/c1-4-27-21(15(2)11-12-22(29)26-3)14-19-23-18(16-7-5-8-17(25)13-16)9-6-10-20(23)28-24(19)30/h5-10,13-14,27H,4,11-12H2,1-3H3,(H,26,29)(H,28,30)/b19-14-,21-15-. The van der Waals surface area contributed by atoms with Crippen LogP contribution in [0.1, 0.15) is 32.3 Å². The summed E-state index contributed by atoms with van der Waals surface area (Å²) in [5.74, 6) is -0.565. The second kappa shape index (κ2) is 9.39. The van der Waals surface area contributed by atoms with Gasteiger partial charge in [-0.25, -0.2) is 4.39 Å². The average molecular weight is 407 g/mol. The van der Waals surface area contributed by atoms with Crippen LogP contribution in [0.3, 0.4) is 0 Å². The zero-order valence-electron chi connectivity index (χ0n) is 17.4. The Bertz CT molecular complexity index is 1040. The number of carbonyl (C=O) groups excluding carboxylic acids is 2. The molecule has 1 heterocycles. The number of benzene rings is 2. The molecule has 0 saturated carbocycles. The van der Waals surface area contributed by atoms with Crippen LogP contribution in [0.15, 0.2) is 59.8 Å². The summed E-state index contributed by atoms with van der Waals surface area (Å²) in [6.07, 6.45) is 2.77. The van der Waals surface area contributed by atoms with Crippen molar-refractivity contribution < 1.29 is 14.0 Å². The highest BCUT2D eigenvalue weighted by atomic mass is 19.1. The molecule has 0 saturated heterocycles. The number of carbonyl (C=O) groups is 2. The van der Waals surface area contributed by atoms with Crippen molar-refractivity contribution in [1.29, 1.82) is 0 Å². The Balaban J connectivity index is 2.08. The maximum atomic E-state index is 13.8. The topological polar surface area (TPSA) is 70.2 Å². The van der Waals surface area contributed by atoms with E-state index in [-0.39, 0.29) is 17.6 Å². The SMILES string of the molecule is CCNC(/C=C1\C(=O)Nc2cccc(-c3cccc(F)c3)c21)=C(/C)CCC(=O)NC. The van der Waals surface area contributed by atoms with Crippen molar-refractivity contribution in [2.24, 2.45) is 0 Å². The van der Waals surface area contributed by atoms with Gasteiger partial charge in [0.1, 0.15) is 5.82 Å². The number of anilines is 1. The van der Waals surface area contributed by atoms with Crippen LogP contribution >= 0.6 is 0 Å². The third-order valence-electron chi connectivity index (χ3n) is 5.08. The molecule has 5 nitrogen and oxygen atoms in total. The van der Waals surface area contributed by atoms with Crippen molar-refractivity contribution in [3.05, 3.63) is 71.2 Å². The zero-order valence-corrected chi connectivity index (χ0v) is 17.4. The lowest BCUT2D eigenvalue weighted by molar-refractivity contribution is -0.120. The largest absolute Gasteiger partial charge is 0.385 e. The molecule has 0 fully saturated rings. The summed E-state index contributed by atoms with van der Waals surface area (Å²) in [4.78, 5) is 24.4. The third kappa shape index (κ3) is 4.59. The molecule has 2 aromatic rings. The van der Waals surface area contributed by atoms with Crippen LogP contribution in [-0.2, 0) is 9.59 Å². The van der Waals surface area contributed by atoms with E-state index in [0.29, 0.717) is 36.2 Å². The summed E-state index contributed by atoms with van der Waals surface area (Å²) < 4.78 is 13.8. The molecule has 0 radical (unpaired) electrons. The molecular formula is C24H26FN3O2. The summed E-state index contributed by atoms with van der Waals surface area (Å²) in [5.41, 5.74) is 5.26. The molecule has 2 amide bonds. The van der Waals surface area contributed by atoms with Gasteiger partial charge in [-0.15, -0.1) is 0 Å².